The van der Waals surface area contributed by atoms with Gasteiger partial charge in [0, 0.05) is 13.3 Å². The third-order valence-electron chi connectivity index (χ3n) is 2.02. The number of hydrogen-bond donors (Lipinski definition) is 1. The molecule has 0 radical (unpaired) electrons. The smallest absolute Gasteiger partial charge is 0.361 e. The second-order valence-electron chi connectivity index (χ2n) is 3.43. The van der Waals surface area contributed by atoms with E-state index in [1.54, 1.807) is 0 Å². The zero-order valence-corrected chi connectivity index (χ0v) is 9.36. The predicted molar refractivity (Wildman–Crippen MR) is 53.9 cm³/mol. The molecular formula is C8H11NO6S. The van der Waals surface area contributed by atoms with E-state index in [2.05, 4.69) is 5.16 Å². The van der Waals surface area contributed by atoms with Gasteiger partial charge in [-0.1, -0.05) is 5.16 Å². The lowest BCUT2D eigenvalue weighted by atomic mass is 10.3. The second kappa shape index (κ2) is 4.60. The lowest BCUT2D eigenvalue weighted by Crippen LogP contribution is -2.23. The number of carbonyl (C=O) groups excluding carboxylic acids is 1. The molecule has 90 valence electrons. The van der Waals surface area contributed by atoms with E-state index in [1.165, 1.54) is 0 Å². The van der Waals surface area contributed by atoms with Crippen LogP contribution in [0.3, 0.4) is 0 Å². The standard InChI is InChI=1S/C8H11NO6S/c1-5(10)7(8(11)12)9-15-6-2-3-16(13,14)4-6/h6H,2-4H2,1H3,(H,11,12)/b9-7-. The zero-order chi connectivity index (χ0) is 12.3. The SMILES string of the molecule is CC(=O)/C(=N/OC1CCS(=O)(=O)C1)C(=O)O. The minimum absolute atomic E-state index is 0.00430. The molecule has 0 spiro atoms. The predicted octanol–water partition coefficient (Wildman–Crippen LogP) is -0.780. The Kier molecular flexibility index (Phi) is 3.63. The highest BCUT2D eigenvalue weighted by Crippen LogP contribution is 2.14. The van der Waals surface area contributed by atoms with Gasteiger partial charge in [-0.25, -0.2) is 13.2 Å². The fourth-order valence-electron chi connectivity index (χ4n) is 1.23. The fourth-order valence-corrected chi connectivity index (χ4v) is 2.81. The van der Waals surface area contributed by atoms with Crippen LogP contribution in [0.2, 0.25) is 0 Å². The summed E-state index contributed by atoms with van der Waals surface area (Å²) in [5.41, 5.74) is -0.732. The number of oxime groups is 1. The summed E-state index contributed by atoms with van der Waals surface area (Å²) < 4.78 is 22.1. The summed E-state index contributed by atoms with van der Waals surface area (Å²) in [6.45, 7) is 1.04. The molecule has 0 bridgehead atoms. The van der Waals surface area contributed by atoms with Crippen LogP contribution in [0.15, 0.2) is 5.16 Å². The molecule has 0 saturated carbocycles. The molecule has 16 heavy (non-hydrogen) atoms. The monoisotopic (exact) mass is 249 g/mol. The Hall–Kier alpha value is -1.44. The Morgan fingerprint density at radius 2 is 2.06 bits per heavy atom. The number of hydrogen-bond acceptors (Lipinski definition) is 6. The van der Waals surface area contributed by atoms with Gasteiger partial charge in [0.15, 0.2) is 15.6 Å². The topological polar surface area (TPSA) is 110 Å². The first-order valence-corrected chi connectivity index (χ1v) is 6.32. The van der Waals surface area contributed by atoms with Crippen molar-refractivity contribution in [1.29, 1.82) is 0 Å². The van der Waals surface area contributed by atoms with E-state index in [-0.39, 0.29) is 17.9 Å². The van der Waals surface area contributed by atoms with Crippen LogP contribution in [-0.4, -0.2) is 48.6 Å². The molecule has 7 nitrogen and oxygen atoms in total. The fraction of sp³-hybridized carbons (Fsp3) is 0.625. The first kappa shape index (κ1) is 12.6. The van der Waals surface area contributed by atoms with E-state index in [0.717, 1.165) is 6.92 Å². The van der Waals surface area contributed by atoms with E-state index < -0.39 is 33.4 Å². The van der Waals surface area contributed by atoms with Crippen LogP contribution < -0.4 is 0 Å². The van der Waals surface area contributed by atoms with Crippen LogP contribution in [0.4, 0.5) is 0 Å². The summed E-state index contributed by atoms with van der Waals surface area (Å²) in [4.78, 5) is 26.1. The van der Waals surface area contributed by atoms with Crippen molar-refractivity contribution in [3.05, 3.63) is 0 Å². The first-order chi connectivity index (χ1) is 7.32. The zero-order valence-electron chi connectivity index (χ0n) is 8.54. The maximum Gasteiger partial charge on any atom is 0.361 e. The van der Waals surface area contributed by atoms with Gasteiger partial charge >= 0.3 is 5.97 Å². The summed E-state index contributed by atoms with van der Waals surface area (Å²) in [5.74, 6) is -2.43. The van der Waals surface area contributed by atoms with E-state index in [1.807, 2.05) is 0 Å². The minimum atomic E-state index is -3.11. The molecule has 1 aliphatic rings. The quantitative estimate of drug-likeness (QED) is 0.397. The van der Waals surface area contributed by atoms with Crippen molar-refractivity contribution in [1.82, 2.24) is 0 Å². The third kappa shape index (κ3) is 3.30. The molecule has 0 aromatic heterocycles. The second-order valence-corrected chi connectivity index (χ2v) is 5.66. The van der Waals surface area contributed by atoms with Gasteiger partial charge in [-0.3, -0.25) is 4.79 Å². The molecule has 1 atom stereocenters. The average Bonchev–Trinajstić information content (AvgIpc) is 2.44. The van der Waals surface area contributed by atoms with Gasteiger partial charge in [0.25, 0.3) is 0 Å². The van der Waals surface area contributed by atoms with Gasteiger partial charge in [0.2, 0.25) is 5.71 Å². The van der Waals surface area contributed by atoms with Crippen molar-refractivity contribution in [3.8, 4) is 0 Å². The number of Topliss-reactive ketones (excluding diaryl/α,β-unsaturated/α-hetero) is 1. The maximum absolute atomic E-state index is 11.0. The van der Waals surface area contributed by atoms with Gasteiger partial charge in [-0.2, -0.15) is 0 Å². The molecule has 1 saturated heterocycles. The Morgan fingerprint density at radius 1 is 1.44 bits per heavy atom. The number of aliphatic carboxylic acids is 1. The largest absolute Gasteiger partial charge is 0.476 e. The Labute approximate surface area is 92.0 Å². The van der Waals surface area contributed by atoms with Crippen LogP contribution >= 0.6 is 0 Å². The number of carboxylic acid groups (broad SMARTS) is 1. The van der Waals surface area contributed by atoms with Crippen LogP contribution in [0.5, 0.6) is 0 Å². The Balaban J connectivity index is 2.66. The number of nitrogens with zero attached hydrogens (tertiary/aromatic N) is 1. The molecule has 0 aliphatic carbocycles. The summed E-state index contributed by atoms with van der Waals surface area (Å²) >= 11 is 0. The lowest BCUT2D eigenvalue weighted by molar-refractivity contribution is -0.130. The normalized spacial score (nSPS) is 24.1. The van der Waals surface area contributed by atoms with Gasteiger partial charge in [0.1, 0.15) is 6.10 Å². The number of carbonyl (C=O) groups is 2. The first-order valence-electron chi connectivity index (χ1n) is 4.50. The van der Waals surface area contributed by atoms with Crippen LogP contribution in [0.25, 0.3) is 0 Å². The highest BCUT2D eigenvalue weighted by Gasteiger charge is 2.30. The van der Waals surface area contributed by atoms with Gasteiger partial charge < -0.3 is 9.94 Å². The number of carboxylic acids is 1. The number of rotatable bonds is 4. The highest BCUT2D eigenvalue weighted by atomic mass is 32.2. The van der Waals surface area contributed by atoms with E-state index in [4.69, 9.17) is 9.94 Å². The van der Waals surface area contributed by atoms with Crippen molar-refractivity contribution < 1.29 is 28.0 Å². The van der Waals surface area contributed by atoms with Crippen LogP contribution in [-0.2, 0) is 24.3 Å². The van der Waals surface area contributed by atoms with Crippen LogP contribution in [0.1, 0.15) is 13.3 Å². The average molecular weight is 249 g/mol. The van der Waals surface area contributed by atoms with E-state index in [9.17, 15) is 18.0 Å². The molecule has 1 unspecified atom stereocenters. The van der Waals surface area contributed by atoms with Crippen molar-refractivity contribution in [3.63, 3.8) is 0 Å². The van der Waals surface area contributed by atoms with E-state index in [0.29, 0.717) is 0 Å². The molecule has 1 fully saturated rings. The molecular weight excluding hydrogens is 238 g/mol. The molecule has 1 rings (SSSR count). The Morgan fingerprint density at radius 3 is 2.44 bits per heavy atom. The Bertz CT molecular complexity index is 421. The van der Waals surface area contributed by atoms with Crippen LogP contribution in [0, 0.1) is 0 Å². The maximum atomic E-state index is 11.0. The van der Waals surface area contributed by atoms with Crippen molar-refractivity contribution in [2.24, 2.45) is 5.16 Å². The van der Waals surface area contributed by atoms with Gasteiger partial charge in [0.05, 0.1) is 11.5 Å². The van der Waals surface area contributed by atoms with Crippen molar-refractivity contribution in [2.45, 2.75) is 19.4 Å². The highest BCUT2D eigenvalue weighted by molar-refractivity contribution is 7.91. The molecule has 0 amide bonds. The lowest BCUT2D eigenvalue weighted by Gasteiger charge is -2.05. The summed E-state index contributed by atoms with van der Waals surface area (Å²) in [6, 6.07) is 0. The molecule has 0 aromatic carbocycles. The molecule has 8 heteroatoms. The summed E-state index contributed by atoms with van der Waals surface area (Å²) in [7, 11) is -3.11. The summed E-state index contributed by atoms with van der Waals surface area (Å²) in [5, 5.41) is 11.7. The minimum Gasteiger partial charge on any atom is -0.476 e. The number of sulfone groups is 1. The molecule has 1 aliphatic heterocycles. The summed E-state index contributed by atoms with van der Waals surface area (Å²) in [6.07, 6.45) is -0.407. The molecule has 1 N–H and O–H groups in total. The van der Waals surface area contributed by atoms with Crippen molar-refractivity contribution in [2.75, 3.05) is 11.5 Å². The van der Waals surface area contributed by atoms with Gasteiger partial charge in [-0.05, 0) is 0 Å². The third-order valence-corrected chi connectivity index (χ3v) is 3.76. The van der Waals surface area contributed by atoms with Crippen molar-refractivity contribution >= 4 is 27.3 Å². The number of ketones is 1. The van der Waals surface area contributed by atoms with Gasteiger partial charge in [-0.15, -0.1) is 0 Å². The van der Waals surface area contributed by atoms with E-state index >= 15 is 0 Å². The molecule has 1 heterocycles. The molecule has 0 aromatic rings.